The van der Waals surface area contributed by atoms with Crippen molar-refractivity contribution in [1.29, 1.82) is 0 Å². The summed E-state index contributed by atoms with van der Waals surface area (Å²) in [6.45, 7) is 2.76. The molecule has 7 nitrogen and oxygen atoms in total. The molecular weight excluding hydrogens is 468 g/mol. The van der Waals surface area contributed by atoms with Crippen molar-refractivity contribution in [2.75, 3.05) is 18.6 Å². The average Bonchev–Trinajstić information content (AvgIpc) is 3.33. The van der Waals surface area contributed by atoms with E-state index in [0.717, 1.165) is 11.1 Å². The Hall–Kier alpha value is -3.39. The van der Waals surface area contributed by atoms with Crippen molar-refractivity contribution in [3.63, 3.8) is 0 Å². The zero-order valence-corrected chi connectivity index (χ0v) is 20.1. The second kappa shape index (κ2) is 9.70. The summed E-state index contributed by atoms with van der Waals surface area (Å²) in [4.78, 5) is 33.6. The average molecular weight is 493 g/mol. The lowest BCUT2D eigenvalue weighted by atomic mass is 9.91. The lowest BCUT2D eigenvalue weighted by Crippen LogP contribution is -2.36. The van der Waals surface area contributed by atoms with Crippen LogP contribution in [0.25, 0.3) is 0 Å². The van der Waals surface area contributed by atoms with Gasteiger partial charge < -0.3 is 9.47 Å². The van der Waals surface area contributed by atoms with Crippen LogP contribution in [-0.4, -0.2) is 36.6 Å². The summed E-state index contributed by atoms with van der Waals surface area (Å²) in [5.41, 5.74) is 2.32. The van der Waals surface area contributed by atoms with Gasteiger partial charge in [-0.05, 0) is 54.4 Å². The fraction of sp³-hybridized carbons (Fsp3) is 0.259. The normalized spacial score (nSPS) is 21.9. The van der Waals surface area contributed by atoms with Crippen molar-refractivity contribution in [3.8, 4) is 11.5 Å². The van der Waals surface area contributed by atoms with E-state index in [2.05, 4.69) is 0 Å². The molecule has 0 saturated carbocycles. The summed E-state index contributed by atoms with van der Waals surface area (Å²) in [6.07, 6.45) is -0.891. The van der Waals surface area contributed by atoms with E-state index >= 15 is 0 Å². The van der Waals surface area contributed by atoms with Gasteiger partial charge in [-0.3, -0.25) is 14.4 Å². The van der Waals surface area contributed by atoms with Crippen molar-refractivity contribution in [1.82, 2.24) is 5.06 Å². The minimum atomic E-state index is -0.891. The van der Waals surface area contributed by atoms with Gasteiger partial charge in [0.2, 0.25) is 5.91 Å². The predicted octanol–water partition coefficient (Wildman–Crippen LogP) is 4.79. The van der Waals surface area contributed by atoms with Crippen LogP contribution in [0.4, 0.5) is 5.69 Å². The second-order valence-corrected chi connectivity index (χ2v) is 8.88. The monoisotopic (exact) mass is 492 g/mol. The van der Waals surface area contributed by atoms with Crippen LogP contribution in [0.2, 0.25) is 5.02 Å². The minimum Gasteiger partial charge on any atom is -0.490 e. The number of anilines is 1. The first-order chi connectivity index (χ1) is 17.0. The molecule has 0 bridgehead atoms. The number of fused-ring (bicyclic) bond motifs is 1. The molecule has 2 aliphatic heterocycles. The molecule has 0 N–H and O–H groups in total. The number of rotatable bonds is 7. The zero-order chi connectivity index (χ0) is 24.5. The third-order valence-electron chi connectivity index (χ3n) is 6.24. The maximum absolute atomic E-state index is 13.5. The maximum Gasteiger partial charge on any atom is 0.265 e. The summed E-state index contributed by atoms with van der Waals surface area (Å²) in [6, 6.07) is 21.6. The molecule has 3 aromatic rings. The van der Waals surface area contributed by atoms with Gasteiger partial charge in [0.05, 0.1) is 24.3 Å². The van der Waals surface area contributed by atoms with E-state index in [-0.39, 0.29) is 11.8 Å². The molecule has 0 aromatic heterocycles. The largest absolute Gasteiger partial charge is 0.490 e. The van der Waals surface area contributed by atoms with E-state index in [1.54, 1.807) is 36.4 Å². The van der Waals surface area contributed by atoms with Crippen LogP contribution in [0.15, 0.2) is 72.8 Å². The van der Waals surface area contributed by atoms with Gasteiger partial charge in [0.1, 0.15) is 6.61 Å². The number of imide groups is 1. The topological polar surface area (TPSA) is 68.3 Å². The molecule has 5 rings (SSSR count). The van der Waals surface area contributed by atoms with E-state index < -0.39 is 18.1 Å². The van der Waals surface area contributed by atoms with Crippen LogP contribution in [-0.2, 0) is 21.0 Å². The first-order valence-electron chi connectivity index (χ1n) is 11.4. The molecule has 8 heteroatoms. The lowest BCUT2D eigenvalue weighted by Gasteiger charge is -2.25. The number of hydroxylamine groups is 2. The van der Waals surface area contributed by atoms with Crippen molar-refractivity contribution in [2.24, 2.45) is 5.92 Å². The molecule has 2 amide bonds. The maximum atomic E-state index is 13.5. The molecule has 0 unspecified atom stereocenters. The molecule has 35 heavy (non-hydrogen) atoms. The van der Waals surface area contributed by atoms with Crippen molar-refractivity contribution in [2.45, 2.75) is 25.7 Å². The van der Waals surface area contributed by atoms with E-state index in [9.17, 15) is 9.59 Å². The molecule has 180 valence electrons. The Kier molecular flexibility index (Phi) is 6.47. The van der Waals surface area contributed by atoms with E-state index in [1.807, 2.05) is 55.5 Å². The highest BCUT2D eigenvalue weighted by molar-refractivity contribution is 6.31. The van der Waals surface area contributed by atoms with Gasteiger partial charge >= 0.3 is 0 Å². The van der Waals surface area contributed by atoms with Crippen molar-refractivity contribution in [3.05, 3.63) is 88.9 Å². The number of carbonyl (C=O) groups excluding carboxylic acids is 2. The van der Waals surface area contributed by atoms with E-state index in [4.69, 9.17) is 25.9 Å². The van der Waals surface area contributed by atoms with Crippen LogP contribution in [0.5, 0.6) is 11.5 Å². The summed E-state index contributed by atoms with van der Waals surface area (Å²) in [5, 5.41) is 2.11. The van der Waals surface area contributed by atoms with Crippen LogP contribution in [0.3, 0.4) is 0 Å². The molecule has 0 aliphatic carbocycles. The summed E-state index contributed by atoms with van der Waals surface area (Å²) < 4.78 is 11.9. The Morgan fingerprint density at radius 1 is 0.914 bits per heavy atom. The number of halogens is 1. The molecule has 2 heterocycles. The van der Waals surface area contributed by atoms with Gasteiger partial charge in [-0.1, -0.05) is 48.0 Å². The second-order valence-electron chi connectivity index (χ2n) is 8.44. The number of carbonyl (C=O) groups is 2. The highest BCUT2D eigenvalue weighted by Crippen LogP contribution is 2.46. The van der Waals surface area contributed by atoms with Gasteiger partial charge in [-0.25, -0.2) is 4.90 Å². The quantitative estimate of drug-likeness (QED) is 0.442. The Morgan fingerprint density at radius 3 is 2.37 bits per heavy atom. The fourth-order valence-electron chi connectivity index (χ4n) is 4.64. The molecule has 2 fully saturated rings. The molecule has 0 spiro atoms. The molecule has 3 aromatic carbocycles. The van der Waals surface area contributed by atoms with Crippen LogP contribution in [0.1, 0.15) is 24.1 Å². The molecule has 2 aliphatic rings. The summed E-state index contributed by atoms with van der Waals surface area (Å²) >= 11 is 5.98. The van der Waals surface area contributed by atoms with Crippen molar-refractivity contribution >= 4 is 29.1 Å². The lowest BCUT2D eigenvalue weighted by molar-refractivity contribution is -0.160. The fourth-order valence-corrected chi connectivity index (χ4v) is 4.77. The predicted molar refractivity (Wildman–Crippen MR) is 131 cm³/mol. The molecule has 3 atom stereocenters. The molecular formula is C27H25ClN2O5. The van der Waals surface area contributed by atoms with Crippen LogP contribution >= 0.6 is 11.6 Å². The first-order valence-corrected chi connectivity index (χ1v) is 11.8. The Morgan fingerprint density at radius 2 is 1.66 bits per heavy atom. The molecule has 0 radical (unpaired) electrons. The zero-order valence-electron chi connectivity index (χ0n) is 19.4. The number of amides is 2. The number of hydrogen-bond acceptors (Lipinski definition) is 6. The van der Waals surface area contributed by atoms with Crippen molar-refractivity contribution < 1.29 is 23.9 Å². The third-order valence-corrected chi connectivity index (χ3v) is 6.49. The molecule has 2 saturated heterocycles. The first kappa shape index (κ1) is 23.4. The summed E-state index contributed by atoms with van der Waals surface area (Å²) in [7, 11) is 1.73. The number of ether oxygens (including phenoxy) is 2. The number of nitrogens with zero attached hydrogens (tertiary/aromatic N) is 2. The van der Waals surface area contributed by atoms with Gasteiger partial charge in [0.15, 0.2) is 17.6 Å². The van der Waals surface area contributed by atoms with Gasteiger partial charge in [-0.15, -0.1) is 0 Å². The van der Waals surface area contributed by atoms with Crippen LogP contribution < -0.4 is 14.4 Å². The summed E-state index contributed by atoms with van der Waals surface area (Å²) in [5.74, 6) is -0.199. The third kappa shape index (κ3) is 4.38. The van der Waals surface area contributed by atoms with Gasteiger partial charge in [0.25, 0.3) is 5.91 Å². The number of hydrogen-bond donors (Lipinski definition) is 0. The highest BCUT2D eigenvalue weighted by Gasteiger charge is 2.59. The smallest absolute Gasteiger partial charge is 0.265 e. The van der Waals surface area contributed by atoms with E-state index in [1.165, 1.54) is 4.90 Å². The Labute approximate surface area is 208 Å². The van der Waals surface area contributed by atoms with Gasteiger partial charge in [-0.2, -0.15) is 5.06 Å². The minimum absolute atomic E-state index is 0.306. The van der Waals surface area contributed by atoms with Crippen LogP contribution in [0, 0.1) is 5.92 Å². The van der Waals surface area contributed by atoms with Gasteiger partial charge in [0, 0.05) is 12.1 Å². The SMILES string of the molecule is CCOc1cc([C@@H]2[C@H]3C(=O)N(c4ccc(Cl)cc4)C(=O)[C@H]3ON2C)ccc1OCc1ccccc1. The standard InChI is InChI=1S/C27H25ClN2O5/c1-3-33-22-15-18(9-14-21(22)34-16-17-7-5-4-6-8-17)24-23-25(35-29(24)2)27(32)30(26(23)31)20-12-10-19(28)11-13-20/h4-15,23-25H,3,16H2,1-2H3/t23-,24-,25+/m1/s1. The van der Waals surface area contributed by atoms with E-state index in [0.29, 0.717) is 35.4 Å². The Balaban J connectivity index is 1.42. The highest BCUT2D eigenvalue weighted by atomic mass is 35.5. The Bertz CT molecular complexity index is 1230. The number of benzene rings is 3.